The van der Waals surface area contributed by atoms with E-state index in [1.165, 1.54) is 6.07 Å². The van der Waals surface area contributed by atoms with Crippen molar-refractivity contribution in [1.29, 1.82) is 0 Å². The second-order valence-electron chi connectivity index (χ2n) is 3.32. The summed E-state index contributed by atoms with van der Waals surface area (Å²) in [7, 11) is 0. The molecule has 1 aromatic carbocycles. The smallest absolute Gasteiger partial charge is 0.407 e. The van der Waals surface area contributed by atoms with Gasteiger partial charge in [0.1, 0.15) is 5.75 Å². The normalized spacial score (nSPS) is 19.3. The van der Waals surface area contributed by atoms with Gasteiger partial charge in [-0.05, 0) is 18.2 Å². The Hall–Kier alpha value is -1.13. The maximum atomic E-state index is 11.0. The fourth-order valence-corrected chi connectivity index (χ4v) is 1.74. The Kier molecular flexibility index (Phi) is 4.26. The Morgan fingerprint density at radius 2 is 2.25 bits per heavy atom. The zero-order valence-corrected chi connectivity index (χ0v) is 9.85. The van der Waals surface area contributed by atoms with E-state index in [1.807, 2.05) is 0 Å². The molecule has 1 aromatic rings. The van der Waals surface area contributed by atoms with Crippen LogP contribution in [0.5, 0.6) is 5.75 Å². The predicted octanol–water partition coefficient (Wildman–Crippen LogP) is 2.64. The van der Waals surface area contributed by atoms with Crippen LogP contribution in [0, 0.1) is 0 Å². The maximum absolute atomic E-state index is 11.0. The van der Waals surface area contributed by atoms with Crippen molar-refractivity contribution in [2.24, 2.45) is 0 Å². The van der Waals surface area contributed by atoms with Crippen LogP contribution in [-0.2, 0) is 4.74 Å². The number of carbonyl (C=O) groups excluding carboxylic acids is 1. The van der Waals surface area contributed by atoms with Gasteiger partial charge >= 0.3 is 6.09 Å². The van der Waals surface area contributed by atoms with Gasteiger partial charge in [0.25, 0.3) is 0 Å². The van der Waals surface area contributed by atoms with Gasteiger partial charge in [-0.2, -0.15) is 0 Å². The number of alkyl carbamates (subject to hydrolysis) is 1. The van der Waals surface area contributed by atoms with Crippen molar-refractivity contribution in [2.75, 3.05) is 6.61 Å². The molecule has 0 aromatic heterocycles. The van der Waals surface area contributed by atoms with Crippen LogP contribution in [-0.4, -0.2) is 17.8 Å². The number of hydrogen-bond donors (Lipinski definition) is 2. The lowest BCUT2D eigenvalue weighted by atomic mass is 10.0. The van der Waals surface area contributed by atoms with Crippen molar-refractivity contribution in [3.8, 4) is 5.75 Å². The van der Waals surface area contributed by atoms with E-state index in [4.69, 9.17) is 16.3 Å². The molecule has 16 heavy (non-hydrogen) atoms. The first-order chi connectivity index (χ1) is 7.16. The summed E-state index contributed by atoms with van der Waals surface area (Å²) in [5.74, 6) is 0.131. The van der Waals surface area contributed by atoms with Crippen LogP contribution in [0.15, 0.2) is 18.2 Å². The summed E-state index contributed by atoms with van der Waals surface area (Å²) in [5.41, 5.74) is 0.624. The number of amides is 1. The number of phenolic OH excluding ortho intramolecular Hbond substituents is 1. The van der Waals surface area contributed by atoms with Crippen molar-refractivity contribution < 1.29 is 14.6 Å². The van der Waals surface area contributed by atoms with Gasteiger partial charge in [-0.25, -0.2) is 4.79 Å². The molecular formula is C10H11Cl2NO3. The number of hydrogen-bond acceptors (Lipinski definition) is 3. The van der Waals surface area contributed by atoms with Crippen LogP contribution in [0.1, 0.15) is 18.0 Å². The van der Waals surface area contributed by atoms with Crippen molar-refractivity contribution in [1.82, 2.24) is 5.32 Å². The molecule has 0 unspecified atom stereocenters. The molecule has 1 aliphatic heterocycles. The van der Waals surface area contributed by atoms with E-state index in [9.17, 15) is 9.90 Å². The molecule has 2 N–H and O–H groups in total. The monoisotopic (exact) mass is 263 g/mol. The fourth-order valence-electron chi connectivity index (χ4n) is 1.56. The zero-order chi connectivity index (χ0) is 10.8. The standard InChI is InChI=1S/C10H10ClNO3.ClH/c11-6-1-2-9(13)7(5-6)8-3-4-15-10(14)12-8;/h1-2,5,8,13H,3-4H2,(H,12,14);1H/t8-;/m1./s1. The lowest BCUT2D eigenvalue weighted by Gasteiger charge is -2.24. The van der Waals surface area contributed by atoms with Gasteiger partial charge in [0.15, 0.2) is 0 Å². The third-order valence-corrected chi connectivity index (χ3v) is 2.53. The average molecular weight is 264 g/mol. The lowest BCUT2D eigenvalue weighted by Crippen LogP contribution is -2.35. The van der Waals surface area contributed by atoms with Crippen molar-refractivity contribution in [2.45, 2.75) is 12.5 Å². The number of rotatable bonds is 1. The largest absolute Gasteiger partial charge is 0.508 e. The Bertz CT molecular complexity index is 398. The van der Waals surface area contributed by atoms with Gasteiger partial charge in [-0.3, -0.25) is 0 Å². The van der Waals surface area contributed by atoms with Gasteiger partial charge in [0.2, 0.25) is 0 Å². The van der Waals surface area contributed by atoms with Crippen molar-refractivity contribution in [3.05, 3.63) is 28.8 Å². The molecular weight excluding hydrogens is 253 g/mol. The highest BCUT2D eigenvalue weighted by molar-refractivity contribution is 6.30. The fraction of sp³-hybridized carbons (Fsp3) is 0.300. The molecule has 1 saturated heterocycles. The highest BCUT2D eigenvalue weighted by atomic mass is 35.5. The number of nitrogens with one attached hydrogen (secondary N) is 1. The summed E-state index contributed by atoms with van der Waals surface area (Å²) in [4.78, 5) is 11.0. The van der Waals surface area contributed by atoms with Crippen LogP contribution in [0.3, 0.4) is 0 Å². The van der Waals surface area contributed by atoms with Gasteiger partial charge < -0.3 is 15.2 Å². The Morgan fingerprint density at radius 3 is 2.94 bits per heavy atom. The molecule has 0 spiro atoms. The van der Waals surface area contributed by atoms with Crippen LogP contribution >= 0.6 is 24.0 Å². The van der Waals surface area contributed by atoms with E-state index in [2.05, 4.69) is 5.32 Å². The van der Waals surface area contributed by atoms with E-state index in [1.54, 1.807) is 12.1 Å². The Balaban J connectivity index is 0.00000128. The Labute approximate surface area is 104 Å². The van der Waals surface area contributed by atoms with Gasteiger partial charge in [-0.15, -0.1) is 12.4 Å². The molecule has 1 heterocycles. The number of benzene rings is 1. The molecule has 0 saturated carbocycles. The second-order valence-corrected chi connectivity index (χ2v) is 3.76. The van der Waals surface area contributed by atoms with Gasteiger partial charge in [-0.1, -0.05) is 11.6 Å². The van der Waals surface area contributed by atoms with E-state index < -0.39 is 6.09 Å². The molecule has 4 nitrogen and oxygen atoms in total. The third-order valence-electron chi connectivity index (χ3n) is 2.30. The molecule has 2 rings (SSSR count). The summed E-state index contributed by atoms with van der Waals surface area (Å²) in [6, 6.07) is 4.53. The molecule has 6 heteroatoms. The first kappa shape index (κ1) is 12.9. The van der Waals surface area contributed by atoms with E-state index >= 15 is 0 Å². The van der Waals surface area contributed by atoms with Crippen molar-refractivity contribution in [3.63, 3.8) is 0 Å². The summed E-state index contributed by atoms with van der Waals surface area (Å²) in [5, 5.41) is 12.8. The van der Waals surface area contributed by atoms with Crippen LogP contribution < -0.4 is 5.32 Å². The average Bonchev–Trinajstić information content (AvgIpc) is 2.22. The van der Waals surface area contributed by atoms with Crippen molar-refractivity contribution >= 4 is 30.1 Å². The summed E-state index contributed by atoms with van der Waals surface area (Å²) < 4.78 is 4.74. The molecule has 88 valence electrons. The number of cyclic esters (lactones) is 1. The minimum Gasteiger partial charge on any atom is -0.508 e. The molecule has 1 aliphatic rings. The van der Waals surface area contributed by atoms with Gasteiger partial charge in [0.05, 0.1) is 12.6 Å². The number of carbonyl (C=O) groups is 1. The lowest BCUT2D eigenvalue weighted by molar-refractivity contribution is 0.115. The first-order valence-electron chi connectivity index (χ1n) is 4.58. The van der Waals surface area contributed by atoms with E-state index in [-0.39, 0.29) is 24.2 Å². The summed E-state index contributed by atoms with van der Waals surface area (Å²) >= 11 is 5.82. The number of ether oxygens (including phenoxy) is 1. The first-order valence-corrected chi connectivity index (χ1v) is 4.96. The number of aromatic hydroxyl groups is 1. The minimum atomic E-state index is -0.467. The molecule has 0 bridgehead atoms. The highest BCUT2D eigenvalue weighted by Crippen LogP contribution is 2.30. The maximum Gasteiger partial charge on any atom is 0.407 e. The Morgan fingerprint density at radius 1 is 1.50 bits per heavy atom. The molecule has 1 fully saturated rings. The number of phenols is 1. The quantitative estimate of drug-likeness (QED) is 0.819. The van der Waals surface area contributed by atoms with Gasteiger partial charge in [0, 0.05) is 17.0 Å². The zero-order valence-electron chi connectivity index (χ0n) is 8.27. The third kappa shape index (κ3) is 2.71. The predicted molar refractivity (Wildman–Crippen MR) is 62.2 cm³/mol. The topological polar surface area (TPSA) is 58.6 Å². The molecule has 0 aliphatic carbocycles. The second kappa shape index (κ2) is 5.27. The van der Waals surface area contributed by atoms with Crippen LogP contribution in [0.2, 0.25) is 5.02 Å². The molecule has 1 atom stereocenters. The number of halogens is 2. The SMILES string of the molecule is Cl.O=C1N[C@@H](c2cc(Cl)ccc2O)CCO1. The van der Waals surface area contributed by atoms with Crippen LogP contribution in [0.25, 0.3) is 0 Å². The van der Waals surface area contributed by atoms with E-state index in [0.717, 1.165) is 0 Å². The molecule has 0 radical (unpaired) electrons. The van der Waals surface area contributed by atoms with Crippen LogP contribution in [0.4, 0.5) is 4.79 Å². The highest BCUT2D eigenvalue weighted by Gasteiger charge is 2.23. The minimum absolute atomic E-state index is 0. The summed E-state index contributed by atoms with van der Waals surface area (Å²) in [6.45, 7) is 0.350. The van der Waals surface area contributed by atoms with E-state index in [0.29, 0.717) is 23.6 Å². The summed E-state index contributed by atoms with van der Waals surface area (Å²) in [6.07, 6.45) is 0.158. The molecule has 1 amide bonds.